The topological polar surface area (TPSA) is 26.0 Å². The average Bonchev–Trinajstić information content (AvgIpc) is 2.33. The minimum atomic E-state index is -4.53. The summed E-state index contributed by atoms with van der Waals surface area (Å²) in [5, 5.41) is 0. The molecule has 6 heteroatoms. The molecule has 0 amide bonds. The van der Waals surface area contributed by atoms with Gasteiger partial charge in [0.15, 0.2) is 0 Å². The molecular formula is C13H8F5N. The first kappa shape index (κ1) is 13.3. The second-order valence-corrected chi connectivity index (χ2v) is 3.93. The van der Waals surface area contributed by atoms with Crippen molar-refractivity contribution in [1.29, 1.82) is 0 Å². The Morgan fingerprint density at radius 1 is 0.947 bits per heavy atom. The van der Waals surface area contributed by atoms with E-state index in [-0.39, 0.29) is 16.8 Å². The zero-order valence-electron chi connectivity index (χ0n) is 9.43. The lowest BCUT2D eigenvalue weighted by Crippen LogP contribution is -2.05. The van der Waals surface area contributed by atoms with E-state index in [9.17, 15) is 22.0 Å². The highest BCUT2D eigenvalue weighted by molar-refractivity contribution is 5.77. The summed E-state index contributed by atoms with van der Waals surface area (Å²) in [6.45, 7) is 0. The fraction of sp³-hybridized carbons (Fsp3) is 0.0769. The van der Waals surface area contributed by atoms with Gasteiger partial charge in [-0.1, -0.05) is 12.1 Å². The second-order valence-electron chi connectivity index (χ2n) is 3.93. The maximum Gasteiger partial charge on any atom is 0.416 e. The highest BCUT2D eigenvalue weighted by atomic mass is 19.4. The Hall–Kier alpha value is -2.11. The van der Waals surface area contributed by atoms with Crippen LogP contribution in [0.1, 0.15) is 5.56 Å². The third-order valence-electron chi connectivity index (χ3n) is 2.60. The van der Waals surface area contributed by atoms with Gasteiger partial charge in [-0.3, -0.25) is 0 Å². The first-order chi connectivity index (χ1) is 8.79. The van der Waals surface area contributed by atoms with Gasteiger partial charge in [0, 0.05) is 11.6 Å². The fourth-order valence-electron chi connectivity index (χ4n) is 1.69. The van der Waals surface area contributed by atoms with Crippen molar-refractivity contribution in [3.63, 3.8) is 0 Å². The van der Waals surface area contributed by atoms with Crippen LogP contribution in [-0.4, -0.2) is 0 Å². The minimum absolute atomic E-state index is 0.00530. The summed E-state index contributed by atoms with van der Waals surface area (Å²) in [5.74, 6) is -1.91. The van der Waals surface area contributed by atoms with E-state index in [1.54, 1.807) is 0 Å². The van der Waals surface area contributed by atoms with Crippen LogP contribution in [0.25, 0.3) is 11.1 Å². The SMILES string of the molecule is Nc1c(F)cc(F)cc1-c1cccc(C(F)(F)F)c1. The Morgan fingerprint density at radius 2 is 1.63 bits per heavy atom. The van der Waals surface area contributed by atoms with Crippen molar-refractivity contribution in [3.8, 4) is 11.1 Å². The Kier molecular flexibility index (Phi) is 3.18. The molecule has 0 radical (unpaired) electrons. The number of nitrogen functional groups attached to an aromatic ring is 1. The van der Waals surface area contributed by atoms with Crippen molar-refractivity contribution in [2.75, 3.05) is 5.73 Å². The van der Waals surface area contributed by atoms with Crippen molar-refractivity contribution in [3.05, 3.63) is 53.6 Å². The zero-order valence-corrected chi connectivity index (χ0v) is 9.43. The van der Waals surface area contributed by atoms with Gasteiger partial charge in [0.05, 0.1) is 11.3 Å². The number of benzene rings is 2. The molecule has 2 N–H and O–H groups in total. The molecule has 0 bridgehead atoms. The summed E-state index contributed by atoms with van der Waals surface area (Å²) in [6, 6.07) is 5.60. The van der Waals surface area contributed by atoms with Crippen molar-refractivity contribution in [2.45, 2.75) is 6.18 Å². The smallest absolute Gasteiger partial charge is 0.396 e. The fourth-order valence-corrected chi connectivity index (χ4v) is 1.69. The first-order valence-corrected chi connectivity index (χ1v) is 5.21. The molecule has 1 nitrogen and oxygen atoms in total. The van der Waals surface area contributed by atoms with Crippen LogP contribution in [0.4, 0.5) is 27.6 Å². The van der Waals surface area contributed by atoms with Crippen molar-refractivity contribution < 1.29 is 22.0 Å². The second kappa shape index (κ2) is 4.53. The zero-order chi connectivity index (χ0) is 14.2. The van der Waals surface area contributed by atoms with E-state index in [1.165, 1.54) is 6.07 Å². The lowest BCUT2D eigenvalue weighted by Gasteiger charge is -2.11. The largest absolute Gasteiger partial charge is 0.416 e. The predicted octanol–water partition coefficient (Wildman–Crippen LogP) is 4.23. The Labute approximate surface area is 105 Å². The maximum absolute atomic E-state index is 13.3. The standard InChI is InChI=1S/C13H8F5N/c14-9-5-10(12(19)11(15)6-9)7-2-1-3-8(4-7)13(16,17)18/h1-6H,19H2. The summed E-state index contributed by atoms with van der Waals surface area (Å²) in [4.78, 5) is 0. The molecule has 0 saturated heterocycles. The Bertz CT molecular complexity index is 619. The van der Waals surface area contributed by atoms with Crippen LogP contribution in [0.15, 0.2) is 36.4 Å². The molecule has 0 aliphatic carbocycles. The van der Waals surface area contributed by atoms with E-state index in [4.69, 9.17) is 5.73 Å². The third-order valence-corrected chi connectivity index (χ3v) is 2.60. The summed E-state index contributed by atoms with van der Waals surface area (Å²) in [5.41, 5.74) is 4.02. The monoisotopic (exact) mass is 273 g/mol. The van der Waals surface area contributed by atoms with Gasteiger partial charge in [-0.25, -0.2) is 8.78 Å². The number of alkyl halides is 3. The molecule has 0 saturated carbocycles. The summed E-state index contributed by atoms with van der Waals surface area (Å²) < 4.78 is 64.1. The molecule has 0 atom stereocenters. The molecule has 0 unspecified atom stereocenters. The van der Waals surface area contributed by atoms with Gasteiger partial charge in [-0.15, -0.1) is 0 Å². The first-order valence-electron chi connectivity index (χ1n) is 5.21. The molecule has 19 heavy (non-hydrogen) atoms. The quantitative estimate of drug-likeness (QED) is 0.610. The molecule has 0 spiro atoms. The van der Waals surface area contributed by atoms with E-state index in [2.05, 4.69) is 0 Å². The van der Waals surface area contributed by atoms with E-state index in [1.807, 2.05) is 0 Å². The molecular weight excluding hydrogens is 265 g/mol. The molecule has 100 valence electrons. The summed E-state index contributed by atoms with van der Waals surface area (Å²) in [7, 11) is 0. The van der Waals surface area contributed by atoms with Gasteiger partial charge in [0.2, 0.25) is 0 Å². The van der Waals surface area contributed by atoms with Gasteiger partial charge in [-0.2, -0.15) is 13.2 Å². The number of nitrogens with two attached hydrogens (primary N) is 1. The maximum atomic E-state index is 13.3. The van der Waals surface area contributed by atoms with Crippen molar-refractivity contribution in [1.82, 2.24) is 0 Å². The minimum Gasteiger partial charge on any atom is -0.396 e. The van der Waals surface area contributed by atoms with E-state index in [0.29, 0.717) is 6.07 Å². The predicted molar refractivity (Wildman–Crippen MR) is 61.2 cm³/mol. The number of hydrogen-bond acceptors (Lipinski definition) is 1. The van der Waals surface area contributed by atoms with Gasteiger partial charge >= 0.3 is 6.18 Å². The van der Waals surface area contributed by atoms with Crippen LogP contribution in [-0.2, 0) is 6.18 Å². The van der Waals surface area contributed by atoms with Crippen LogP contribution in [0.2, 0.25) is 0 Å². The van der Waals surface area contributed by atoms with Crippen LogP contribution in [0, 0.1) is 11.6 Å². The average molecular weight is 273 g/mol. The summed E-state index contributed by atoms with van der Waals surface area (Å²) in [6.07, 6.45) is -4.53. The van der Waals surface area contributed by atoms with Gasteiger partial charge < -0.3 is 5.73 Å². The number of anilines is 1. The Balaban J connectivity index is 2.60. The number of halogens is 5. The van der Waals surface area contributed by atoms with Crippen LogP contribution >= 0.6 is 0 Å². The van der Waals surface area contributed by atoms with Gasteiger partial charge in [0.25, 0.3) is 0 Å². The third kappa shape index (κ3) is 2.67. The van der Waals surface area contributed by atoms with E-state index in [0.717, 1.165) is 24.3 Å². The molecule has 0 aliphatic heterocycles. The molecule has 0 fully saturated rings. The highest BCUT2D eigenvalue weighted by Gasteiger charge is 2.30. The Morgan fingerprint density at radius 3 is 2.26 bits per heavy atom. The molecule has 0 aromatic heterocycles. The van der Waals surface area contributed by atoms with Crippen molar-refractivity contribution in [2.24, 2.45) is 0 Å². The molecule has 2 rings (SSSR count). The van der Waals surface area contributed by atoms with Crippen LogP contribution in [0.5, 0.6) is 0 Å². The molecule has 0 aliphatic rings. The van der Waals surface area contributed by atoms with Crippen molar-refractivity contribution >= 4 is 5.69 Å². The normalized spacial score (nSPS) is 11.6. The molecule has 2 aromatic rings. The number of hydrogen-bond donors (Lipinski definition) is 1. The van der Waals surface area contributed by atoms with Gasteiger partial charge in [0.1, 0.15) is 11.6 Å². The van der Waals surface area contributed by atoms with Crippen LogP contribution < -0.4 is 5.73 Å². The van der Waals surface area contributed by atoms with E-state index >= 15 is 0 Å². The molecule has 2 aromatic carbocycles. The lowest BCUT2D eigenvalue weighted by molar-refractivity contribution is -0.137. The lowest BCUT2D eigenvalue weighted by atomic mass is 10.0. The van der Waals surface area contributed by atoms with E-state index < -0.39 is 23.4 Å². The van der Waals surface area contributed by atoms with Crippen LogP contribution in [0.3, 0.4) is 0 Å². The van der Waals surface area contributed by atoms with Gasteiger partial charge in [-0.05, 0) is 23.8 Å². The summed E-state index contributed by atoms with van der Waals surface area (Å²) >= 11 is 0. The highest BCUT2D eigenvalue weighted by Crippen LogP contribution is 2.34. The number of rotatable bonds is 1. The molecule has 0 heterocycles.